The van der Waals surface area contributed by atoms with Gasteiger partial charge in [0.2, 0.25) is 0 Å². The zero-order chi connectivity index (χ0) is 15.0. The fourth-order valence-corrected chi connectivity index (χ4v) is 1.88. The van der Waals surface area contributed by atoms with Crippen molar-refractivity contribution in [3.05, 3.63) is 35.4 Å². The zero-order valence-corrected chi connectivity index (χ0v) is 11.4. The second kappa shape index (κ2) is 7.93. The molecule has 0 atom stereocenters. The van der Waals surface area contributed by atoms with Gasteiger partial charge >= 0.3 is 6.18 Å². The summed E-state index contributed by atoms with van der Waals surface area (Å²) in [6.07, 6.45) is -3.50. The van der Waals surface area contributed by atoms with Crippen LogP contribution >= 0.6 is 0 Å². The van der Waals surface area contributed by atoms with E-state index < -0.39 is 12.7 Å². The fraction of sp³-hybridized carbons (Fsp3) is 0.467. The third kappa shape index (κ3) is 6.60. The van der Waals surface area contributed by atoms with Crippen LogP contribution in [0.15, 0.2) is 24.3 Å². The van der Waals surface area contributed by atoms with Gasteiger partial charge in [0.15, 0.2) is 0 Å². The van der Waals surface area contributed by atoms with Crippen molar-refractivity contribution in [3.63, 3.8) is 0 Å². The van der Waals surface area contributed by atoms with E-state index in [1.165, 1.54) is 4.90 Å². The number of rotatable bonds is 5. The molecule has 1 N–H and O–H groups in total. The Kier molecular flexibility index (Phi) is 6.56. The van der Waals surface area contributed by atoms with Gasteiger partial charge in [-0.25, -0.2) is 0 Å². The molecule has 5 heteroatoms. The second-order valence-corrected chi connectivity index (χ2v) is 4.48. The molecule has 0 radical (unpaired) electrons. The van der Waals surface area contributed by atoms with Gasteiger partial charge in [-0.05, 0) is 30.7 Å². The quantitative estimate of drug-likeness (QED) is 0.841. The van der Waals surface area contributed by atoms with Crippen LogP contribution in [-0.2, 0) is 6.54 Å². The molecule has 110 valence electrons. The molecule has 20 heavy (non-hydrogen) atoms. The summed E-state index contributed by atoms with van der Waals surface area (Å²) in [5.74, 6) is 5.27. The van der Waals surface area contributed by atoms with Gasteiger partial charge in [0, 0.05) is 12.1 Å². The van der Waals surface area contributed by atoms with Crippen molar-refractivity contribution in [1.29, 1.82) is 0 Å². The normalized spacial score (nSPS) is 11.3. The van der Waals surface area contributed by atoms with Crippen molar-refractivity contribution in [2.75, 3.05) is 19.7 Å². The Balaban J connectivity index is 2.68. The third-order valence-corrected chi connectivity index (χ3v) is 2.61. The maximum atomic E-state index is 12.5. The first-order chi connectivity index (χ1) is 9.44. The first kappa shape index (κ1) is 16.5. The first-order valence-electron chi connectivity index (χ1n) is 6.42. The fourth-order valence-electron chi connectivity index (χ4n) is 1.88. The van der Waals surface area contributed by atoms with E-state index in [0.717, 1.165) is 11.1 Å². The van der Waals surface area contributed by atoms with Gasteiger partial charge in [-0.2, -0.15) is 13.2 Å². The predicted octanol–water partition coefficient (Wildman–Crippen LogP) is 2.80. The molecule has 1 aromatic rings. The van der Waals surface area contributed by atoms with E-state index in [9.17, 15) is 13.2 Å². The maximum absolute atomic E-state index is 12.5. The summed E-state index contributed by atoms with van der Waals surface area (Å²) < 4.78 is 37.4. The molecule has 1 aromatic carbocycles. The van der Waals surface area contributed by atoms with E-state index >= 15 is 0 Å². The smallest absolute Gasteiger partial charge is 0.384 e. The molecule has 0 aliphatic carbocycles. The minimum Gasteiger partial charge on any atom is -0.384 e. The molecular formula is C15H18F3NO. The molecule has 0 amide bonds. The summed E-state index contributed by atoms with van der Waals surface area (Å²) in [6.45, 7) is 1.42. The summed E-state index contributed by atoms with van der Waals surface area (Å²) in [6, 6.07) is 7.02. The second-order valence-electron chi connectivity index (χ2n) is 4.48. The van der Waals surface area contributed by atoms with Crippen LogP contribution in [0.5, 0.6) is 0 Å². The molecule has 0 aliphatic heterocycles. The lowest BCUT2D eigenvalue weighted by atomic mass is 10.1. The highest BCUT2D eigenvalue weighted by atomic mass is 19.4. The van der Waals surface area contributed by atoms with Crippen molar-refractivity contribution in [1.82, 2.24) is 4.90 Å². The van der Waals surface area contributed by atoms with Gasteiger partial charge in [-0.15, -0.1) is 0 Å². The molecule has 0 bridgehead atoms. The van der Waals surface area contributed by atoms with Crippen LogP contribution in [0.2, 0.25) is 0 Å². The molecule has 1 rings (SSSR count). The van der Waals surface area contributed by atoms with E-state index in [-0.39, 0.29) is 13.2 Å². The van der Waals surface area contributed by atoms with E-state index in [1.807, 2.05) is 6.92 Å². The number of halogens is 3. The van der Waals surface area contributed by atoms with Gasteiger partial charge in [0.05, 0.1) is 6.54 Å². The third-order valence-electron chi connectivity index (χ3n) is 2.61. The Morgan fingerprint density at radius 3 is 2.35 bits per heavy atom. The molecule has 0 unspecified atom stereocenters. The molecule has 0 fully saturated rings. The lowest BCUT2D eigenvalue weighted by molar-refractivity contribution is -0.147. The topological polar surface area (TPSA) is 23.5 Å². The molecule has 0 heterocycles. The molecule has 0 aromatic heterocycles. The summed E-state index contributed by atoms with van der Waals surface area (Å²) in [5, 5.41) is 8.58. The molecule has 0 saturated heterocycles. The molecule has 0 spiro atoms. The average Bonchev–Trinajstić information content (AvgIpc) is 2.36. The molecule has 0 aliphatic rings. The van der Waals surface area contributed by atoms with Crippen molar-refractivity contribution >= 4 is 0 Å². The van der Waals surface area contributed by atoms with Crippen molar-refractivity contribution < 1.29 is 18.3 Å². The largest absolute Gasteiger partial charge is 0.401 e. The van der Waals surface area contributed by atoms with E-state index in [1.54, 1.807) is 24.3 Å². The Hall–Kier alpha value is -1.51. The van der Waals surface area contributed by atoms with Gasteiger partial charge < -0.3 is 5.11 Å². The lowest BCUT2D eigenvalue weighted by Gasteiger charge is -2.23. The Labute approximate surface area is 117 Å². The zero-order valence-electron chi connectivity index (χ0n) is 11.4. The minimum atomic E-state index is -4.18. The van der Waals surface area contributed by atoms with Gasteiger partial charge in [0.25, 0.3) is 0 Å². The maximum Gasteiger partial charge on any atom is 0.401 e. The number of hydrogen-bond acceptors (Lipinski definition) is 2. The molecular weight excluding hydrogens is 267 g/mol. The van der Waals surface area contributed by atoms with Crippen LogP contribution in [0.4, 0.5) is 13.2 Å². The number of aliphatic hydroxyl groups is 1. The van der Waals surface area contributed by atoms with E-state index in [4.69, 9.17) is 5.11 Å². The minimum absolute atomic E-state index is 0.211. The van der Waals surface area contributed by atoms with Crippen LogP contribution in [0.3, 0.4) is 0 Å². The van der Waals surface area contributed by atoms with Gasteiger partial charge in [-0.3, -0.25) is 4.90 Å². The number of aliphatic hydroxyl groups excluding tert-OH is 1. The van der Waals surface area contributed by atoms with Crippen molar-refractivity contribution in [2.24, 2.45) is 0 Å². The number of hydrogen-bond donors (Lipinski definition) is 1. The van der Waals surface area contributed by atoms with E-state index in [0.29, 0.717) is 13.0 Å². The Morgan fingerprint density at radius 2 is 1.85 bits per heavy atom. The molecule has 0 saturated carbocycles. The highest BCUT2D eigenvalue weighted by molar-refractivity contribution is 5.36. The summed E-state index contributed by atoms with van der Waals surface area (Å²) >= 11 is 0. The summed E-state index contributed by atoms with van der Waals surface area (Å²) in [5.41, 5.74) is 1.55. The number of benzene rings is 1. The number of nitrogens with zero attached hydrogens (tertiary/aromatic N) is 1. The van der Waals surface area contributed by atoms with Gasteiger partial charge in [-0.1, -0.05) is 30.9 Å². The van der Waals surface area contributed by atoms with Crippen LogP contribution in [0.1, 0.15) is 24.5 Å². The van der Waals surface area contributed by atoms with Crippen molar-refractivity contribution in [3.8, 4) is 11.8 Å². The van der Waals surface area contributed by atoms with Crippen LogP contribution in [0.25, 0.3) is 0 Å². The summed E-state index contributed by atoms with van der Waals surface area (Å²) in [4.78, 5) is 1.38. The molecule has 2 nitrogen and oxygen atoms in total. The van der Waals surface area contributed by atoms with Crippen molar-refractivity contribution in [2.45, 2.75) is 26.1 Å². The highest BCUT2D eigenvalue weighted by Crippen LogP contribution is 2.18. The van der Waals surface area contributed by atoms with E-state index in [2.05, 4.69) is 11.8 Å². The first-order valence-corrected chi connectivity index (χ1v) is 6.42. The predicted molar refractivity (Wildman–Crippen MR) is 72.0 cm³/mol. The average molecular weight is 285 g/mol. The van der Waals surface area contributed by atoms with Crippen LogP contribution < -0.4 is 0 Å². The van der Waals surface area contributed by atoms with Crippen LogP contribution in [0, 0.1) is 11.8 Å². The van der Waals surface area contributed by atoms with Gasteiger partial charge in [0.1, 0.15) is 6.61 Å². The standard InChI is InChI=1S/C15H18F3NO/c1-2-9-19(12-15(16,17)18)11-14-7-5-13(6-8-14)4-3-10-20/h5-8,20H,2,9-12H2,1H3. The summed E-state index contributed by atoms with van der Waals surface area (Å²) in [7, 11) is 0. The monoisotopic (exact) mass is 285 g/mol. The van der Waals surface area contributed by atoms with Crippen LogP contribution in [-0.4, -0.2) is 35.9 Å². The highest BCUT2D eigenvalue weighted by Gasteiger charge is 2.30. The SMILES string of the molecule is CCCN(Cc1ccc(C#CCO)cc1)CC(F)(F)F. The Bertz CT molecular complexity index is 457. The lowest BCUT2D eigenvalue weighted by Crippen LogP contribution is -2.34. The number of alkyl halides is 3. The Morgan fingerprint density at radius 1 is 1.20 bits per heavy atom.